The maximum Gasteiger partial charge on any atom is 0.253 e. The van der Waals surface area contributed by atoms with Gasteiger partial charge in [-0.15, -0.1) is 0 Å². The highest BCUT2D eigenvalue weighted by molar-refractivity contribution is 5.94. The van der Waals surface area contributed by atoms with Crippen molar-refractivity contribution in [3.05, 3.63) is 54.0 Å². The van der Waals surface area contributed by atoms with Crippen LogP contribution in [0.2, 0.25) is 0 Å². The van der Waals surface area contributed by atoms with Gasteiger partial charge in [0.25, 0.3) is 5.91 Å². The Labute approximate surface area is 123 Å². The number of benzene rings is 1. The number of nitrogens with zero attached hydrogens (tertiary/aromatic N) is 3. The first-order valence-electron chi connectivity index (χ1n) is 7.01. The van der Waals surface area contributed by atoms with E-state index in [-0.39, 0.29) is 12.0 Å². The van der Waals surface area contributed by atoms with Crippen molar-refractivity contribution in [3.63, 3.8) is 0 Å². The van der Waals surface area contributed by atoms with Gasteiger partial charge in [0.15, 0.2) is 0 Å². The van der Waals surface area contributed by atoms with Crippen LogP contribution in [0.1, 0.15) is 22.3 Å². The topological polar surface area (TPSA) is 55.3 Å². The second-order valence-corrected chi connectivity index (χ2v) is 5.19. The lowest BCUT2D eigenvalue weighted by Crippen LogP contribution is -2.31. The molecule has 0 radical (unpaired) electrons. The zero-order valence-corrected chi connectivity index (χ0v) is 11.9. The fourth-order valence-electron chi connectivity index (χ4n) is 2.40. The minimum atomic E-state index is -0.0175. The number of rotatable bonds is 3. The van der Waals surface area contributed by atoms with Crippen LogP contribution in [0, 0.1) is 6.92 Å². The van der Waals surface area contributed by atoms with Gasteiger partial charge >= 0.3 is 0 Å². The molecule has 1 unspecified atom stereocenters. The average molecular weight is 283 g/mol. The van der Waals surface area contributed by atoms with E-state index in [1.807, 2.05) is 36.1 Å². The van der Waals surface area contributed by atoms with Gasteiger partial charge in [0.05, 0.1) is 12.7 Å². The molecule has 21 heavy (non-hydrogen) atoms. The molecular weight excluding hydrogens is 266 g/mol. The quantitative estimate of drug-likeness (QED) is 0.865. The first-order valence-corrected chi connectivity index (χ1v) is 7.01. The number of amides is 1. The fourth-order valence-corrected chi connectivity index (χ4v) is 2.40. The molecule has 108 valence electrons. The molecule has 2 aromatic rings. The number of ether oxygens (including phenoxy) is 1. The van der Waals surface area contributed by atoms with E-state index in [1.165, 1.54) is 0 Å². The summed E-state index contributed by atoms with van der Waals surface area (Å²) in [4.78, 5) is 22.3. The van der Waals surface area contributed by atoms with Crippen LogP contribution >= 0.6 is 0 Å². The van der Waals surface area contributed by atoms with E-state index in [0.29, 0.717) is 19.0 Å². The predicted molar refractivity (Wildman–Crippen MR) is 78.1 cm³/mol. The first kappa shape index (κ1) is 13.5. The summed E-state index contributed by atoms with van der Waals surface area (Å²) in [6, 6.07) is 7.65. The molecule has 1 fully saturated rings. The molecule has 1 aromatic carbocycles. The smallest absolute Gasteiger partial charge is 0.253 e. The molecule has 3 rings (SSSR count). The van der Waals surface area contributed by atoms with Crippen LogP contribution in [0.3, 0.4) is 0 Å². The number of aromatic nitrogens is 2. The van der Waals surface area contributed by atoms with Crippen LogP contribution in [-0.2, 0) is 0 Å². The lowest BCUT2D eigenvalue weighted by molar-refractivity contribution is 0.0771. The molecule has 1 aromatic heterocycles. The van der Waals surface area contributed by atoms with Crippen LogP contribution in [0.4, 0.5) is 0 Å². The fraction of sp³-hybridized carbons (Fsp3) is 0.312. The van der Waals surface area contributed by atoms with Crippen LogP contribution in [-0.4, -0.2) is 40.0 Å². The van der Waals surface area contributed by atoms with Gasteiger partial charge in [-0.1, -0.05) is 17.7 Å². The van der Waals surface area contributed by atoms with E-state index in [2.05, 4.69) is 9.97 Å². The van der Waals surface area contributed by atoms with Gasteiger partial charge < -0.3 is 9.64 Å². The van der Waals surface area contributed by atoms with Crippen molar-refractivity contribution in [3.8, 4) is 5.88 Å². The number of carbonyl (C=O) groups excluding carboxylic acids is 1. The third kappa shape index (κ3) is 3.18. The van der Waals surface area contributed by atoms with Gasteiger partial charge in [-0.25, -0.2) is 4.98 Å². The molecule has 0 N–H and O–H groups in total. The molecule has 0 spiro atoms. The summed E-state index contributed by atoms with van der Waals surface area (Å²) in [7, 11) is 0. The SMILES string of the molecule is Cc1ccc(C(=O)N2CCC(Oc3cnccn3)C2)cc1. The van der Waals surface area contributed by atoms with Crippen molar-refractivity contribution >= 4 is 5.91 Å². The number of carbonyl (C=O) groups is 1. The Morgan fingerprint density at radius 2 is 2.10 bits per heavy atom. The summed E-state index contributed by atoms with van der Waals surface area (Å²) in [6.45, 7) is 3.30. The Hall–Kier alpha value is -2.43. The molecule has 0 bridgehead atoms. The summed E-state index contributed by atoms with van der Waals surface area (Å²) >= 11 is 0. The number of hydrogen-bond acceptors (Lipinski definition) is 4. The number of likely N-dealkylation sites (tertiary alicyclic amines) is 1. The van der Waals surface area contributed by atoms with Gasteiger partial charge in [0.1, 0.15) is 6.10 Å². The van der Waals surface area contributed by atoms with Crippen molar-refractivity contribution < 1.29 is 9.53 Å². The molecule has 1 saturated heterocycles. The Kier molecular flexibility index (Phi) is 3.81. The Morgan fingerprint density at radius 1 is 1.29 bits per heavy atom. The highest BCUT2D eigenvalue weighted by Crippen LogP contribution is 2.18. The van der Waals surface area contributed by atoms with E-state index < -0.39 is 0 Å². The highest BCUT2D eigenvalue weighted by atomic mass is 16.5. The minimum absolute atomic E-state index is 0.0175. The lowest BCUT2D eigenvalue weighted by atomic mass is 10.1. The van der Waals surface area contributed by atoms with Crippen LogP contribution in [0.5, 0.6) is 5.88 Å². The molecule has 5 nitrogen and oxygen atoms in total. The summed E-state index contributed by atoms with van der Waals surface area (Å²) in [5, 5.41) is 0. The third-order valence-corrected chi connectivity index (χ3v) is 3.56. The standard InChI is InChI=1S/C16H17N3O2/c1-12-2-4-13(5-3-12)16(20)19-9-6-14(11-19)21-15-10-17-7-8-18-15/h2-5,7-8,10,14H,6,9,11H2,1H3. The molecular formula is C16H17N3O2. The van der Waals surface area contributed by atoms with Crippen LogP contribution in [0.25, 0.3) is 0 Å². The second kappa shape index (κ2) is 5.91. The summed E-state index contributed by atoms with van der Waals surface area (Å²) in [5.41, 5.74) is 1.87. The maximum absolute atomic E-state index is 12.4. The summed E-state index contributed by atoms with van der Waals surface area (Å²) in [6.07, 6.45) is 5.59. The van der Waals surface area contributed by atoms with E-state index in [0.717, 1.165) is 17.5 Å². The lowest BCUT2D eigenvalue weighted by Gasteiger charge is -2.17. The zero-order chi connectivity index (χ0) is 14.7. The van der Waals surface area contributed by atoms with Gasteiger partial charge in [-0.05, 0) is 19.1 Å². The summed E-state index contributed by atoms with van der Waals surface area (Å²) in [5.74, 6) is 0.562. The molecule has 0 saturated carbocycles. The second-order valence-electron chi connectivity index (χ2n) is 5.19. The molecule has 1 aliphatic rings. The van der Waals surface area contributed by atoms with Gasteiger partial charge in [-0.3, -0.25) is 9.78 Å². The summed E-state index contributed by atoms with van der Waals surface area (Å²) < 4.78 is 5.74. The Balaban J connectivity index is 1.61. The van der Waals surface area contributed by atoms with Crippen molar-refractivity contribution in [1.29, 1.82) is 0 Å². The molecule has 1 atom stereocenters. The van der Waals surface area contributed by atoms with Gasteiger partial charge in [-0.2, -0.15) is 0 Å². The van der Waals surface area contributed by atoms with E-state index in [4.69, 9.17) is 4.74 Å². The maximum atomic E-state index is 12.4. The van der Waals surface area contributed by atoms with E-state index in [9.17, 15) is 4.79 Å². The third-order valence-electron chi connectivity index (χ3n) is 3.56. The monoisotopic (exact) mass is 283 g/mol. The zero-order valence-electron chi connectivity index (χ0n) is 11.9. The van der Waals surface area contributed by atoms with Crippen LogP contribution in [0.15, 0.2) is 42.9 Å². The first-order chi connectivity index (χ1) is 10.2. The molecule has 0 aliphatic carbocycles. The van der Waals surface area contributed by atoms with Crippen LogP contribution < -0.4 is 4.74 Å². The Morgan fingerprint density at radius 3 is 2.81 bits per heavy atom. The van der Waals surface area contributed by atoms with E-state index in [1.54, 1.807) is 18.6 Å². The minimum Gasteiger partial charge on any atom is -0.471 e. The largest absolute Gasteiger partial charge is 0.471 e. The highest BCUT2D eigenvalue weighted by Gasteiger charge is 2.28. The van der Waals surface area contributed by atoms with Gasteiger partial charge in [0.2, 0.25) is 5.88 Å². The predicted octanol–water partition coefficient (Wildman–Crippen LogP) is 2.08. The number of aryl methyl sites for hydroxylation is 1. The van der Waals surface area contributed by atoms with Crippen molar-refractivity contribution in [2.75, 3.05) is 13.1 Å². The van der Waals surface area contributed by atoms with Gasteiger partial charge in [0, 0.05) is 30.9 Å². The van der Waals surface area contributed by atoms with Crippen molar-refractivity contribution in [2.24, 2.45) is 0 Å². The molecule has 2 heterocycles. The normalized spacial score (nSPS) is 17.8. The molecule has 1 aliphatic heterocycles. The van der Waals surface area contributed by atoms with Crippen molar-refractivity contribution in [2.45, 2.75) is 19.4 Å². The number of hydrogen-bond donors (Lipinski definition) is 0. The van der Waals surface area contributed by atoms with Crippen molar-refractivity contribution in [1.82, 2.24) is 14.9 Å². The molecule has 5 heteroatoms. The molecule has 1 amide bonds. The van der Waals surface area contributed by atoms with E-state index >= 15 is 0 Å². The Bertz CT molecular complexity index is 613. The average Bonchev–Trinajstić information content (AvgIpc) is 2.97.